The third kappa shape index (κ3) is 5.64. The van der Waals surface area contributed by atoms with E-state index in [1.807, 2.05) is 11.8 Å². The second-order valence-corrected chi connectivity index (χ2v) is 5.86. The number of aliphatic imine (C=N–C) groups is 1. The maximum Gasteiger partial charge on any atom is 0.188 e. The predicted octanol–water partition coefficient (Wildman–Crippen LogP) is 2.37. The van der Waals surface area contributed by atoms with Crippen molar-refractivity contribution in [3.05, 3.63) is 0 Å². The van der Waals surface area contributed by atoms with Crippen LogP contribution in [0.3, 0.4) is 0 Å². The Balaban J connectivity index is 2.17. The Hall–Kier alpha value is -0.380. The molecule has 0 aromatic carbocycles. The third-order valence-corrected chi connectivity index (χ3v) is 4.22. The summed E-state index contributed by atoms with van der Waals surface area (Å²) in [7, 11) is 0. The summed E-state index contributed by atoms with van der Waals surface area (Å²) in [6.45, 7) is 3.07. The van der Waals surface area contributed by atoms with Crippen LogP contribution < -0.4 is 11.1 Å². The van der Waals surface area contributed by atoms with Gasteiger partial charge in [0, 0.05) is 17.8 Å². The number of hydrogen-bond donors (Lipinski definition) is 2. The van der Waals surface area contributed by atoms with Gasteiger partial charge in [0.15, 0.2) is 5.96 Å². The van der Waals surface area contributed by atoms with Crippen molar-refractivity contribution in [3.63, 3.8) is 0 Å². The average Bonchev–Trinajstić information content (AvgIpc) is 2.30. The molecule has 3 nitrogen and oxygen atoms in total. The maximum atomic E-state index is 5.86. The van der Waals surface area contributed by atoms with Gasteiger partial charge in [-0.1, -0.05) is 26.2 Å². The molecule has 0 bridgehead atoms. The minimum Gasteiger partial charge on any atom is -0.370 e. The van der Waals surface area contributed by atoms with Crippen molar-refractivity contribution in [3.8, 4) is 0 Å². The molecule has 0 spiro atoms. The molecule has 0 heterocycles. The van der Waals surface area contributed by atoms with Crippen molar-refractivity contribution < 1.29 is 0 Å². The van der Waals surface area contributed by atoms with E-state index in [1.54, 1.807) is 0 Å². The molecule has 1 saturated carbocycles. The fraction of sp³-hybridized carbons (Fsp3) is 0.917. The summed E-state index contributed by atoms with van der Waals surface area (Å²) in [5, 5.41) is 4.00. The molecule has 1 unspecified atom stereocenters. The van der Waals surface area contributed by atoms with Crippen LogP contribution in [-0.2, 0) is 0 Å². The summed E-state index contributed by atoms with van der Waals surface area (Å²) < 4.78 is 0. The van der Waals surface area contributed by atoms with Crippen LogP contribution in [0.15, 0.2) is 4.99 Å². The van der Waals surface area contributed by atoms with Gasteiger partial charge in [0.25, 0.3) is 0 Å². The molecular weight excluding hydrogens is 218 g/mol. The van der Waals surface area contributed by atoms with Gasteiger partial charge in [0.2, 0.25) is 0 Å². The highest BCUT2D eigenvalue weighted by atomic mass is 32.2. The van der Waals surface area contributed by atoms with Gasteiger partial charge in [0.05, 0.1) is 0 Å². The molecule has 1 atom stereocenters. The molecule has 1 rings (SSSR count). The van der Waals surface area contributed by atoms with Gasteiger partial charge in [-0.3, -0.25) is 4.99 Å². The van der Waals surface area contributed by atoms with Gasteiger partial charge in [-0.05, 0) is 25.5 Å². The van der Waals surface area contributed by atoms with Gasteiger partial charge >= 0.3 is 0 Å². The zero-order chi connectivity index (χ0) is 11.8. The van der Waals surface area contributed by atoms with Crippen molar-refractivity contribution in [1.29, 1.82) is 0 Å². The molecule has 94 valence electrons. The number of guanidine groups is 1. The lowest BCUT2D eigenvalue weighted by atomic mass is 9.96. The monoisotopic (exact) mass is 243 g/mol. The summed E-state index contributed by atoms with van der Waals surface area (Å²) in [5.74, 6) is 0.639. The Morgan fingerprint density at radius 3 is 2.75 bits per heavy atom. The van der Waals surface area contributed by atoms with E-state index in [9.17, 15) is 0 Å². The molecule has 1 aliphatic rings. The standard InChI is InChI=1S/C12H25N3S/c1-10(16-2)8-9-14-12(13)15-11-6-4-3-5-7-11/h10-11H,3-9H2,1-2H3,(H3,13,14,15). The summed E-state index contributed by atoms with van der Waals surface area (Å²) >= 11 is 1.88. The SMILES string of the molecule is CSC(C)CCN=C(N)NC1CCCCC1. The molecule has 3 N–H and O–H groups in total. The minimum absolute atomic E-state index is 0.565. The van der Waals surface area contributed by atoms with E-state index in [-0.39, 0.29) is 0 Å². The summed E-state index contributed by atoms with van der Waals surface area (Å²) in [5.41, 5.74) is 5.86. The highest BCUT2D eigenvalue weighted by molar-refractivity contribution is 7.99. The van der Waals surface area contributed by atoms with E-state index >= 15 is 0 Å². The smallest absolute Gasteiger partial charge is 0.188 e. The molecule has 1 aliphatic carbocycles. The largest absolute Gasteiger partial charge is 0.370 e. The van der Waals surface area contributed by atoms with E-state index in [0.717, 1.165) is 13.0 Å². The molecular formula is C12H25N3S. The first-order valence-corrected chi connectivity index (χ1v) is 7.60. The highest BCUT2D eigenvalue weighted by Gasteiger charge is 2.13. The molecule has 16 heavy (non-hydrogen) atoms. The highest BCUT2D eigenvalue weighted by Crippen LogP contribution is 2.17. The van der Waals surface area contributed by atoms with Gasteiger partial charge in [-0.15, -0.1) is 0 Å². The first-order chi connectivity index (χ1) is 7.72. The molecule has 0 aromatic heterocycles. The minimum atomic E-state index is 0.565. The van der Waals surface area contributed by atoms with Crippen LogP contribution in [0.1, 0.15) is 45.4 Å². The maximum absolute atomic E-state index is 5.86. The number of nitrogens with two attached hydrogens (primary N) is 1. The van der Waals surface area contributed by atoms with Crippen molar-refractivity contribution in [2.24, 2.45) is 10.7 Å². The Bertz CT molecular complexity index is 212. The van der Waals surface area contributed by atoms with Crippen molar-refractivity contribution in [1.82, 2.24) is 5.32 Å². The zero-order valence-corrected chi connectivity index (χ0v) is 11.4. The van der Waals surface area contributed by atoms with Crippen LogP contribution in [-0.4, -0.2) is 30.1 Å². The number of thioether (sulfide) groups is 1. The Kier molecular flexibility index (Phi) is 6.69. The molecule has 0 aliphatic heterocycles. The molecule has 0 amide bonds. The van der Waals surface area contributed by atoms with E-state index in [4.69, 9.17) is 5.73 Å². The molecule has 0 radical (unpaired) electrons. The zero-order valence-electron chi connectivity index (χ0n) is 10.5. The predicted molar refractivity (Wildman–Crippen MR) is 74.1 cm³/mol. The lowest BCUT2D eigenvalue weighted by molar-refractivity contribution is 0.412. The number of rotatable bonds is 5. The topological polar surface area (TPSA) is 50.4 Å². The van der Waals surface area contributed by atoms with Gasteiger partial charge in [-0.25, -0.2) is 0 Å². The van der Waals surface area contributed by atoms with Crippen LogP contribution in [0.4, 0.5) is 0 Å². The van der Waals surface area contributed by atoms with Crippen LogP contribution in [0.25, 0.3) is 0 Å². The van der Waals surface area contributed by atoms with E-state index in [0.29, 0.717) is 17.3 Å². The van der Waals surface area contributed by atoms with Gasteiger partial charge in [0.1, 0.15) is 0 Å². The quantitative estimate of drug-likeness (QED) is 0.576. The molecule has 4 heteroatoms. The molecule has 1 fully saturated rings. The van der Waals surface area contributed by atoms with Crippen LogP contribution in [0.2, 0.25) is 0 Å². The van der Waals surface area contributed by atoms with Crippen molar-refractivity contribution in [2.45, 2.75) is 56.7 Å². The first-order valence-electron chi connectivity index (χ1n) is 6.31. The third-order valence-electron chi connectivity index (χ3n) is 3.18. The fourth-order valence-electron chi connectivity index (χ4n) is 1.99. The van der Waals surface area contributed by atoms with E-state index in [2.05, 4.69) is 23.5 Å². The average molecular weight is 243 g/mol. The molecule has 0 aromatic rings. The molecule has 0 saturated heterocycles. The second-order valence-electron chi connectivity index (χ2n) is 4.58. The normalized spacial score (nSPS) is 20.8. The van der Waals surface area contributed by atoms with Crippen LogP contribution in [0.5, 0.6) is 0 Å². The summed E-state index contributed by atoms with van der Waals surface area (Å²) in [6, 6.07) is 0.565. The Morgan fingerprint density at radius 1 is 1.44 bits per heavy atom. The number of nitrogens with one attached hydrogen (secondary N) is 1. The number of nitrogens with zero attached hydrogens (tertiary/aromatic N) is 1. The Morgan fingerprint density at radius 2 is 2.12 bits per heavy atom. The van der Waals surface area contributed by atoms with Crippen molar-refractivity contribution >= 4 is 17.7 Å². The van der Waals surface area contributed by atoms with E-state index < -0.39 is 0 Å². The van der Waals surface area contributed by atoms with E-state index in [1.165, 1.54) is 32.1 Å². The summed E-state index contributed by atoms with van der Waals surface area (Å²) in [4.78, 5) is 4.38. The Labute approximate surface area is 104 Å². The first kappa shape index (κ1) is 13.7. The fourth-order valence-corrected chi connectivity index (χ4v) is 2.33. The van der Waals surface area contributed by atoms with Gasteiger partial charge < -0.3 is 11.1 Å². The van der Waals surface area contributed by atoms with Crippen molar-refractivity contribution in [2.75, 3.05) is 12.8 Å². The summed E-state index contributed by atoms with van der Waals surface area (Å²) in [6.07, 6.45) is 9.77. The van der Waals surface area contributed by atoms with Crippen LogP contribution in [0, 0.1) is 0 Å². The second kappa shape index (κ2) is 7.82. The number of hydrogen-bond acceptors (Lipinski definition) is 2. The van der Waals surface area contributed by atoms with Gasteiger partial charge in [-0.2, -0.15) is 11.8 Å². The lowest BCUT2D eigenvalue weighted by Crippen LogP contribution is -2.41. The van der Waals surface area contributed by atoms with Crippen LogP contribution >= 0.6 is 11.8 Å². The lowest BCUT2D eigenvalue weighted by Gasteiger charge is -2.23.